The molecule has 1 N–H and O–H groups in total. The first-order valence-corrected chi connectivity index (χ1v) is 9.54. The number of nitrogens with one attached hydrogen (secondary N) is 1. The lowest BCUT2D eigenvalue weighted by atomic mass is 10.2. The van der Waals surface area contributed by atoms with E-state index in [0.29, 0.717) is 21.5 Å². The highest BCUT2D eigenvalue weighted by Crippen LogP contribution is 2.26. The van der Waals surface area contributed by atoms with Crippen molar-refractivity contribution in [2.45, 2.75) is 23.8 Å². The molecule has 0 saturated heterocycles. The molecule has 2 aromatic carbocycles. The van der Waals surface area contributed by atoms with Gasteiger partial charge in [0.15, 0.2) is 5.65 Å². The van der Waals surface area contributed by atoms with E-state index in [9.17, 15) is 13.2 Å². The molecule has 0 aliphatic rings. The summed E-state index contributed by atoms with van der Waals surface area (Å²) in [7, 11) is -3.96. The van der Waals surface area contributed by atoms with Crippen molar-refractivity contribution in [2.75, 3.05) is 0 Å². The summed E-state index contributed by atoms with van der Waals surface area (Å²) < 4.78 is 27.5. The van der Waals surface area contributed by atoms with Gasteiger partial charge >= 0.3 is 0 Å². The number of benzene rings is 2. The third-order valence-corrected chi connectivity index (χ3v) is 6.23. The minimum Gasteiger partial charge on any atom is -0.304 e. The van der Waals surface area contributed by atoms with Crippen molar-refractivity contribution in [3.8, 4) is 0 Å². The largest absolute Gasteiger partial charge is 0.304 e. The van der Waals surface area contributed by atoms with E-state index in [-0.39, 0.29) is 15.6 Å². The molecule has 0 bridgehead atoms. The third kappa shape index (κ3) is 2.41. The molecular weight excluding hydrogens is 376 g/mol. The molecule has 2 aromatic heterocycles. The predicted molar refractivity (Wildman–Crippen MR) is 97.5 cm³/mol. The molecule has 0 unspecified atom stereocenters. The van der Waals surface area contributed by atoms with E-state index in [1.54, 1.807) is 37.3 Å². The second kappa shape index (κ2) is 5.65. The maximum atomic E-state index is 13.1. The van der Waals surface area contributed by atoms with Gasteiger partial charge in [-0.2, -0.15) is 4.52 Å². The zero-order chi connectivity index (χ0) is 18.6. The molecule has 0 radical (unpaired) electrons. The topological polar surface area (TPSA) is 97.2 Å². The maximum Gasteiger partial charge on any atom is 0.259 e. The average Bonchev–Trinajstić information content (AvgIpc) is 2.99. The van der Waals surface area contributed by atoms with Crippen LogP contribution in [0.25, 0.3) is 16.6 Å². The lowest BCUT2D eigenvalue weighted by molar-refractivity contribution is 0.592. The van der Waals surface area contributed by atoms with Gasteiger partial charge in [-0.25, -0.2) is 8.42 Å². The molecular formula is C17H13ClN4O3S. The highest BCUT2D eigenvalue weighted by atomic mass is 35.5. The lowest BCUT2D eigenvalue weighted by Crippen LogP contribution is -2.12. The zero-order valence-electron chi connectivity index (χ0n) is 13.8. The Morgan fingerprint density at radius 1 is 1.12 bits per heavy atom. The van der Waals surface area contributed by atoms with E-state index in [2.05, 4.69) is 15.3 Å². The number of sulfone groups is 1. The summed E-state index contributed by atoms with van der Waals surface area (Å²) in [4.78, 5) is 15.1. The summed E-state index contributed by atoms with van der Waals surface area (Å²) in [6.45, 7) is 3.59. The Balaban J connectivity index is 2.07. The van der Waals surface area contributed by atoms with Crippen LogP contribution in [0.15, 0.2) is 51.1 Å². The monoisotopic (exact) mass is 388 g/mol. The summed E-state index contributed by atoms with van der Waals surface area (Å²) in [5.41, 5.74) is 1.49. The van der Waals surface area contributed by atoms with Crippen LogP contribution in [0.3, 0.4) is 0 Å². The lowest BCUT2D eigenvalue weighted by Gasteiger charge is -2.07. The molecule has 132 valence electrons. The van der Waals surface area contributed by atoms with E-state index >= 15 is 0 Å². The summed E-state index contributed by atoms with van der Waals surface area (Å²) in [5.74, 6) is 0. The number of halogens is 1. The van der Waals surface area contributed by atoms with Gasteiger partial charge in [-0.15, -0.1) is 5.10 Å². The molecule has 0 spiro atoms. The standard InChI is InChI=1S/C17H13ClN4O3S/c1-9-3-6-14(10(2)7-9)26(24,25)17-15-19-16(23)12-5-4-11(18)8-13(12)22(15)21-20-17/h3-8H,1-2H3,(H,19,23). The van der Waals surface area contributed by atoms with Crippen molar-refractivity contribution >= 4 is 38.0 Å². The van der Waals surface area contributed by atoms with E-state index < -0.39 is 15.4 Å². The quantitative estimate of drug-likeness (QED) is 0.569. The van der Waals surface area contributed by atoms with Crippen LogP contribution in [-0.2, 0) is 9.84 Å². The Labute approximate surface area is 153 Å². The van der Waals surface area contributed by atoms with Gasteiger partial charge in [-0.3, -0.25) is 4.79 Å². The first kappa shape index (κ1) is 16.7. The van der Waals surface area contributed by atoms with Crippen LogP contribution < -0.4 is 5.56 Å². The number of aromatic nitrogens is 4. The number of fused-ring (bicyclic) bond motifs is 3. The second-order valence-electron chi connectivity index (χ2n) is 6.04. The first-order valence-electron chi connectivity index (χ1n) is 7.68. The first-order chi connectivity index (χ1) is 12.3. The van der Waals surface area contributed by atoms with Gasteiger partial charge < -0.3 is 4.98 Å². The Morgan fingerprint density at radius 2 is 1.88 bits per heavy atom. The van der Waals surface area contributed by atoms with Crippen molar-refractivity contribution < 1.29 is 8.42 Å². The minimum absolute atomic E-state index is 0.00439. The van der Waals surface area contributed by atoms with E-state index in [1.165, 1.54) is 10.6 Å². The van der Waals surface area contributed by atoms with Crippen LogP contribution in [0.2, 0.25) is 5.02 Å². The molecule has 0 atom stereocenters. The van der Waals surface area contributed by atoms with Crippen LogP contribution in [0.1, 0.15) is 11.1 Å². The van der Waals surface area contributed by atoms with E-state index in [4.69, 9.17) is 11.6 Å². The van der Waals surface area contributed by atoms with Gasteiger partial charge in [0.25, 0.3) is 5.56 Å². The van der Waals surface area contributed by atoms with Gasteiger partial charge in [0.05, 0.1) is 15.8 Å². The average molecular weight is 389 g/mol. The Bertz CT molecular complexity index is 1360. The number of aryl methyl sites for hydroxylation is 2. The van der Waals surface area contributed by atoms with Crippen molar-refractivity contribution in [2.24, 2.45) is 0 Å². The molecule has 0 aliphatic carbocycles. The van der Waals surface area contributed by atoms with Crippen molar-refractivity contribution in [3.63, 3.8) is 0 Å². The van der Waals surface area contributed by atoms with Crippen molar-refractivity contribution in [1.29, 1.82) is 0 Å². The Morgan fingerprint density at radius 3 is 2.62 bits per heavy atom. The Hall–Kier alpha value is -2.71. The number of H-pyrrole nitrogens is 1. The van der Waals surface area contributed by atoms with Crippen LogP contribution in [0.5, 0.6) is 0 Å². The van der Waals surface area contributed by atoms with Gasteiger partial charge in [0.2, 0.25) is 14.9 Å². The molecule has 0 aliphatic heterocycles. The molecule has 0 amide bonds. The number of hydrogen-bond acceptors (Lipinski definition) is 5. The fraction of sp³-hybridized carbons (Fsp3) is 0.118. The second-order valence-corrected chi connectivity index (χ2v) is 8.31. The fourth-order valence-corrected chi connectivity index (χ4v) is 4.62. The molecule has 0 saturated carbocycles. The maximum absolute atomic E-state index is 13.1. The predicted octanol–water partition coefficient (Wildman–Crippen LogP) is 2.67. The smallest absolute Gasteiger partial charge is 0.259 e. The molecule has 2 heterocycles. The van der Waals surface area contributed by atoms with E-state index in [0.717, 1.165) is 5.56 Å². The number of nitrogens with zero attached hydrogens (tertiary/aromatic N) is 3. The number of hydrogen-bond donors (Lipinski definition) is 1. The highest BCUT2D eigenvalue weighted by molar-refractivity contribution is 7.91. The fourth-order valence-electron chi connectivity index (χ4n) is 2.98. The highest BCUT2D eigenvalue weighted by Gasteiger charge is 2.27. The summed E-state index contributed by atoms with van der Waals surface area (Å²) in [6.07, 6.45) is 0. The summed E-state index contributed by atoms with van der Waals surface area (Å²) in [6, 6.07) is 9.69. The van der Waals surface area contributed by atoms with Gasteiger partial charge in [-0.05, 0) is 43.7 Å². The number of rotatable bonds is 2. The van der Waals surface area contributed by atoms with Gasteiger partial charge in [0.1, 0.15) is 0 Å². The molecule has 7 nitrogen and oxygen atoms in total. The van der Waals surface area contributed by atoms with Crippen LogP contribution >= 0.6 is 11.6 Å². The van der Waals surface area contributed by atoms with Crippen molar-refractivity contribution in [3.05, 3.63) is 62.9 Å². The minimum atomic E-state index is -3.96. The molecule has 0 fully saturated rings. The van der Waals surface area contributed by atoms with Crippen LogP contribution in [-0.4, -0.2) is 28.2 Å². The van der Waals surface area contributed by atoms with Crippen LogP contribution in [0, 0.1) is 13.8 Å². The molecule has 4 aromatic rings. The summed E-state index contributed by atoms with van der Waals surface area (Å²) in [5, 5.41) is 8.20. The third-order valence-electron chi connectivity index (χ3n) is 4.18. The SMILES string of the molecule is Cc1ccc(S(=O)(=O)c2nnn3c2[nH]c(=O)c2ccc(Cl)cc23)c(C)c1. The number of aromatic amines is 1. The zero-order valence-corrected chi connectivity index (χ0v) is 15.4. The van der Waals surface area contributed by atoms with Gasteiger partial charge in [-0.1, -0.05) is 34.5 Å². The van der Waals surface area contributed by atoms with Gasteiger partial charge in [0, 0.05) is 5.02 Å². The summed E-state index contributed by atoms with van der Waals surface area (Å²) >= 11 is 6.01. The molecule has 26 heavy (non-hydrogen) atoms. The molecule has 9 heteroatoms. The van der Waals surface area contributed by atoms with Crippen molar-refractivity contribution in [1.82, 2.24) is 19.8 Å². The Kier molecular flexibility index (Phi) is 3.64. The van der Waals surface area contributed by atoms with E-state index in [1.807, 2.05) is 6.92 Å². The van der Waals surface area contributed by atoms with Crippen LogP contribution in [0.4, 0.5) is 0 Å². The molecule has 4 rings (SSSR count). The normalized spacial score (nSPS) is 12.1.